The van der Waals surface area contributed by atoms with Crippen LogP contribution in [0.25, 0.3) is 5.95 Å². The Morgan fingerprint density at radius 2 is 2.11 bits per heavy atom. The van der Waals surface area contributed by atoms with Crippen molar-refractivity contribution in [1.82, 2.24) is 45.5 Å². The van der Waals surface area contributed by atoms with Crippen molar-refractivity contribution in [2.45, 2.75) is 13.1 Å². The Hall–Kier alpha value is -3.03. The van der Waals surface area contributed by atoms with Crippen molar-refractivity contribution in [3.8, 4) is 5.95 Å². The number of nitrogens with zero attached hydrogens (tertiary/aromatic N) is 6. The van der Waals surface area contributed by atoms with Gasteiger partial charge in [0.05, 0.1) is 6.54 Å². The number of carbonyl (C=O) groups excluding carboxylic acids is 2. The highest BCUT2D eigenvalue weighted by Gasteiger charge is 2.35. The zero-order valence-electron chi connectivity index (χ0n) is 14.2. The number of H-pyrrole nitrogens is 1. The molecule has 1 fully saturated rings. The summed E-state index contributed by atoms with van der Waals surface area (Å²) in [6, 6.07) is 0. The first-order valence-electron chi connectivity index (χ1n) is 7.95. The highest BCUT2D eigenvalue weighted by molar-refractivity contribution is 5.90. The van der Waals surface area contributed by atoms with E-state index in [0.29, 0.717) is 19.6 Å². The van der Waals surface area contributed by atoms with Gasteiger partial charge in [-0.2, -0.15) is 22.8 Å². The van der Waals surface area contributed by atoms with Crippen molar-refractivity contribution < 1.29 is 22.8 Å². The summed E-state index contributed by atoms with van der Waals surface area (Å²) in [7, 11) is 0. The van der Waals surface area contributed by atoms with E-state index >= 15 is 0 Å². The predicted octanol–water partition coefficient (Wildman–Crippen LogP) is -1.13. The summed E-state index contributed by atoms with van der Waals surface area (Å²) in [4.78, 5) is 32.5. The third-order valence-corrected chi connectivity index (χ3v) is 3.73. The summed E-state index contributed by atoms with van der Waals surface area (Å²) in [6.07, 6.45) is -4.68. The van der Waals surface area contributed by atoms with Crippen LogP contribution in [0.2, 0.25) is 0 Å². The lowest BCUT2D eigenvalue weighted by Gasteiger charge is -2.26. The standard InChI is InChI=1S/C13H16F3N9O2/c1-7-19-9(10(27)18-3-5-24-4-2-17-8(26)6-24)23-25(7)12-20-11(21-22-12)13(14,15)16/h2-6H2,1H3,(H,17,26)(H,18,27)(H,20,21,22). The van der Waals surface area contributed by atoms with Gasteiger partial charge >= 0.3 is 6.18 Å². The fraction of sp³-hybridized carbons (Fsp3) is 0.538. The molecule has 3 heterocycles. The number of carbonyl (C=O) groups is 2. The van der Waals surface area contributed by atoms with E-state index in [1.165, 1.54) is 6.92 Å². The number of halogens is 3. The quantitative estimate of drug-likeness (QED) is 0.591. The summed E-state index contributed by atoms with van der Waals surface area (Å²) in [6.45, 7) is 3.68. The van der Waals surface area contributed by atoms with E-state index < -0.39 is 17.9 Å². The Morgan fingerprint density at radius 3 is 2.78 bits per heavy atom. The van der Waals surface area contributed by atoms with Crippen LogP contribution in [0.1, 0.15) is 22.3 Å². The van der Waals surface area contributed by atoms with Gasteiger partial charge in [0.15, 0.2) is 0 Å². The number of hydrogen-bond donors (Lipinski definition) is 3. The number of piperazine rings is 1. The minimum absolute atomic E-state index is 0.0756. The maximum absolute atomic E-state index is 12.6. The molecule has 146 valence electrons. The first kappa shape index (κ1) is 18.8. The Morgan fingerprint density at radius 1 is 1.33 bits per heavy atom. The van der Waals surface area contributed by atoms with Gasteiger partial charge in [-0.25, -0.2) is 4.98 Å². The molecule has 14 heteroatoms. The summed E-state index contributed by atoms with van der Waals surface area (Å²) in [5.41, 5.74) is 0. The third-order valence-electron chi connectivity index (χ3n) is 3.73. The van der Waals surface area contributed by atoms with E-state index in [9.17, 15) is 22.8 Å². The molecule has 1 aliphatic heterocycles. The summed E-state index contributed by atoms with van der Waals surface area (Å²) in [5.74, 6) is -2.38. The second-order valence-corrected chi connectivity index (χ2v) is 5.76. The number of alkyl halides is 3. The minimum atomic E-state index is -4.68. The second-order valence-electron chi connectivity index (χ2n) is 5.76. The molecule has 0 aliphatic carbocycles. The Labute approximate surface area is 150 Å². The molecule has 3 N–H and O–H groups in total. The van der Waals surface area contributed by atoms with Gasteiger partial charge in [0, 0.05) is 26.2 Å². The average molecular weight is 387 g/mol. The van der Waals surface area contributed by atoms with Crippen molar-refractivity contribution in [2.75, 3.05) is 32.7 Å². The van der Waals surface area contributed by atoms with Gasteiger partial charge in [0.1, 0.15) is 5.82 Å². The van der Waals surface area contributed by atoms with Crippen LogP contribution in [0.5, 0.6) is 0 Å². The van der Waals surface area contributed by atoms with Crippen LogP contribution in [0.15, 0.2) is 0 Å². The molecule has 0 radical (unpaired) electrons. The third kappa shape index (κ3) is 4.39. The van der Waals surface area contributed by atoms with E-state index in [1.807, 2.05) is 4.90 Å². The summed E-state index contributed by atoms with van der Waals surface area (Å²) < 4.78 is 38.7. The first-order valence-corrected chi connectivity index (χ1v) is 7.95. The molecule has 1 aliphatic rings. The van der Waals surface area contributed by atoms with Gasteiger partial charge in [-0.1, -0.05) is 0 Å². The van der Waals surface area contributed by atoms with Crippen molar-refractivity contribution in [3.63, 3.8) is 0 Å². The molecule has 0 spiro atoms. The maximum Gasteiger partial charge on any atom is 0.451 e. The van der Waals surface area contributed by atoms with Crippen LogP contribution in [-0.4, -0.2) is 79.4 Å². The highest BCUT2D eigenvalue weighted by Crippen LogP contribution is 2.26. The molecule has 1 saturated heterocycles. The topological polar surface area (TPSA) is 134 Å². The molecule has 2 amide bonds. The van der Waals surface area contributed by atoms with Gasteiger partial charge in [-0.15, -0.1) is 10.2 Å². The molecule has 0 unspecified atom stereocenters. The SMILES string of the molecule is Cc1nc(C(=O)NCCN2CCNC(=O)C2)nn1-c1n[nH]c(C(F)(F)F)n1. The maximum atomic E-state index is 12.6. The summed E-state index contributed by atoms with van der Waals surface area (Å²) in [5, 5.41) is 14.4. The molecule has 11 nitrogen and oxygen atoms in total. The second kappa shape index (κ2) is 7.30. The van der Waals surface area contributed by atoms with E-state index in [2.05, 4.69) is 30.8 Å². The molecule has 0 aromatic carbocycles. The fourth-order valence-corrected chi connectivity index (χ4v) is 2.44. The number of hydrogen-bond acceptors (Lipinski definition) is 7. The molecular formula is C13H16F3N9O2. The van der Waals surface area contributed by atoms with Gasteiger partial charge < -0.3 is 10.6 Å². The van der Waals surface area contributed by atoms with Crippen LogP contribution >= 0.6 is 0 Å². The number of aryl methyl sites for hydroxylation is 1. The number of nitrogens with one attached hydrogen (secondary N) is 3. The van der Waals surface area contributed by atoms with Gasteiger partial charge in [0.2, 0.25) is 17.6 Å². The smallest absolute Gasteiger partial charge is 0.354 e. The molecule has 0 atom stereocenters. The monoisotopic (exact) mass is 387 g/mol. The number of aromatic nitrogens is 6. The van der Waals surface area contributed by atoms with Crippen LogP contribution in [0.3, 0.4) is 0 Å². The van der Waals surface area contributed by atoms with E-state index in [-0.39, 0.29) is 36.6 Å². The van der Waals surface area contributed by atoms with E-state index in [1.54, 1.807) is 5.10 Å². The molecule has 3 rings (SSSR count). The van der Waals surface area contributed by atoms with Crippen LogP contribution < -0.4 is 10.6 Å². The fourth-order valence-electron chi connectivity index (χ4n) is 2.44. The Balaban J connectivity index is 1.61. The van der Waals surface area contributed by atoms with Crippen LogP contribution in [-0.2, 0) is 11.0 Å². The van der Waals surface area contributed by atoms with Gasteiger partial charge in [0.25, 0.3) is 11.9 Å². The van der Waals surface area contributed by atoms with E-state index in [0.717, 1.165) is 4.68 Å². The molecule has 2 aromatic heterocycles. The average Bonchev–Trinajstić information content (AvgIpc) is 3.21. The normalized spacial score (nSPS) is 15.6. The van der Waals surface area contributed by atoms with Crippen molar-refractivity contribution in [3.05, 3.63) is 17.5 Å². The first-order chi connectivity index (χ1) is 12.7. The lowest BCUT2D eigenvalue weighted by molar-refractivity contribution is -0.144. The van der Waals surface area contributed by atoms with Gasteiger partial charge in [-0.3, -0.25) is 19.6 Å². The molecule has 0 bridgehead atoms. The van der Waals surface area contributed by atoms with Gasteiger partial charge in [-0.05, 0) is 6.92 Å². The zero-order chi connectivity index (χ0) is 19.6. The predicted molar refractivity (Wildman–Crippen MR) is 82.8 cm³/mol. The number of rotatable bonds is 5. The van der Waals surface area contributed by atoms with Crippen LogP contribution in [0, 0.1) is 6.92 Å². The lowest BCUT2D eigenvalue weighted by Crippen LogP contribution is -2.49. The Kier molecular flexibility index (Phi) is 5.07. The highest BCUT2D eigenvalue weighted by atomic mass is 19.4. The Bertz CT molecular complexity index is 844. The largest absolute Gasteiger partial charge is 0.451 e. The number of amides is 2. The number of aromatic amines is 1. The zero-order valence-corrected chi connectivity index (χ0v) is 14.2. The molecular weight excluding hydrogens is 371 g/mol. The molecule has 2 aromatic rings. The van der Waals surface area contributed by atoms with Crippen molar-refractivity contribution in [2.24, 2.45) is 0 Å². The molecule has 0 saturated carbocycles. The summed E-state index contributed by atoms with van der Waals surface area (Å²) >= 11 is 0. The lowest BCUT2D eigenvalue weighted by atomic mass is 10.3. The molecule has 27 heavy (non-hydrogen) atoms. The minimum Gasteiger partial charge on any atom is -0.354 e. The van der Waals surface area contributed by atoms with Crippen molar-refractivity contribution >= 4 is 11.8 Å². The van der Waals surface area contributed by atoms with Crippen molar-refractivity contribution in [1.29, 1.82) is 0 Å². The van der Waals surface area contributed by atoms with Crippen LogP contribution in [0.4, 0.5) is 13.2 Å². The van der Waals surface area contributed by atoms with E-state index in [4.69, 9.17) is 0 Å².